The highest BCUT2D eigenvalue weighted by Gasteiger charge is 2.42. The molecule has 4 aromatic carbocycles. The highest BCUT2D eigenvalue weighted by Crippen LogP contribution is 2.51. The van der Waals surface area contributed by atoms with Crippen molar-refractivity contribution in [1.29, 1.82) is 0 Å². The predicted octanol–water partition coefficient (Wildman–Crippen LogP) is 5.25. The Morgan fingerprint density at radius 1 is 0.846 bits per heavy atom. The number of fused-ring (bicyclic) bond motifs is 4. The molecule has 2 atom stereocenters. The molecular weight excluding hydrogens is 501 g/mol. The molecule has 39 heavy (non-hydrogen) atoms. The van der Waals surface area contributed by atoms with Gasteiger partial charge in [0.25, 0.3) is 0 Å². The van der Waals surface area contributed by atoms with Crippen LogP contribution in [0.1, 0.15) is 5.56 Å². The number of allylic oxidation sites excluding steroid dienone is 3. The van der Waals surface area contributed by atoms with Crippen LogP contribution in [0.5, 0.6) is 0 Å². The van der Waals surface area contributed by atoms with Crippen LogP contribution in [0.15, 0.2) is 114 Å². The minimum atomic E-state index is -1.34. The number of nitrogens with one attached hydrogen (secondary N) is 1. The highest BCUT2D eigenvalue weighted by atomic mass is 31.1. The molecule has 0 spiro atoms. The largest absolute Gasteiger partial charge is 0.395 e. The Hall–Kier alpha value is -3.76. The fourth-order valence-electron chi connectivity index (χ4n) is 5.66. The molecule has 1 heterocycles. The first-order valence-electron chi connectivity index (χ1n) is 13.4. The van der Waals surface area contributed by atoms with Gasteiger partial charge in [0.1, 0.15) is 16.7 Å². The smallest absolute Gasteiger partial charge is 0.139 e. The van der Waals surface area contributed by atoms with Crippen LogP contribution in [-0.4, -0.2) is 52.8 Å². The summed E-state index contributed by atoms with van der Waals surface area (Å²) in [5.74, 6) is 0. The maximum atomic E-state index is 9.66. The van der Waals surface area contributed by atoms with Gasteiger partial charge in [-0.15, -0.1) is 0 Å². The number of nitrogens with zero attached hydrogens (tertiary/aromatic N) is 2. The van der Waals surface area contributed by atoms with Crippen molar-refractivity contribution in [2.75, 3.05) is 31.6 Å². The van der Waals surface area contributed by atoms with E-state index in [4.69, 9.17) is 4.99 Å². The number of rotatable bonds is 8. The van der Waals surface area contributed by atoms with E-state index in [9.17, 15) is 10.2 Å². The number of aliphatic hydroxyl groups excluding tert-OH is 2. The van der Waals surface area contributed by atoms with Gasteiger partial charge in [0, 0.05) is 41.3 Å². The van der Waals surface area contributed by atoms with Crippen LogP contribution in [0.2, 0.25) is 0 Å². The van der Waals surface area contributed by atoms with Crippen LogP contribution in [0.3, 0.4) is 0 Å². The van der Waals surface area contributed by atoms with Crippen molar-refractivity contribution >= 4 is 52.1 Å². The quantitative estimate of drug-likeness (QED) is 0.270. The van der Waals surface area contributed by atoms with Gasteiger partial charge in [-0.05, 0) is 55.0 Å². The molecule has 1 aliphatic heterocycles. The number of hydrogen-bond donors (Lipinski definition) is 3. The van der Waals surface area contributed by atoms with E-state index in [0.29, 0.717) is 13.1 Å². The third-order valence-electron chi connectivity index (χ3n) is 7.43. The van der Waals surface area contributed by atoms with E-state index in [1.165, 1.54) is 16.2 Å². The minimum absolute atomic E-state index is 0.0378. The molecule has 2 unspecified atom stereocenters. The van der Waals surface area contributed by atoms with Gasteiger partial charge in [-0.25, -0.2) is 4.99 Å². The van der Waals surface area contributed by atoms with E-state index in [0.717, 1.165) is 39.2 Å². The number of anilines is 2. The van der Waals surface area contributed by atoms with Crippen LogP contribution in [0, 0.1) is 6.92 Å². The summed E-state index contributed by atoms with van der Waals surface area (Å²) in [5.41, 5.74) is 6.66. The van der Waals surface area contributed by atoms with Crippen LogP contribution in [0.25, 0.3) is 10.8 Å². The first kappa shape index (κ1) is 25.5. The fraction of sp³-hybridized carbons (Fsp3) is 0.182. The van der Waals surface area contributed by atoms with Gasteiger partial charge >= 0.3 is 0 Å². The lowest BCUT2D eigenvalue weighted by molar-refractivity contribution is 0.192. The van der Waals surface area contributed by atoms with Gasteiger partial charge < -0.3 is 20.4 Å². The summed E-state index contributed by atoms with van der Waals surface area (Å²) in [6, 6.07) is 30.1. The highest BCUT2D eigenvalue weighted by molar-refractivity contribution is 7.75. The van der Waals surface area contributed by atoms with E-state index in [1.807, 2.05) is 0 Å². The molecule has 4 aromatic rings. The third kappa shape index (κ3) is 5.02. The fourth-order valence-corrected chi connectivity index (χ4v) is 8.76. The Kier molecular flexibility index (Phi) is 7.30. The SMILES string of the molecule is Cc1cccc(Nc2cc3c(c4ccccc24)N=C2C=CC(N(CCO)CCO)=CC2[PH+]3c2ccccc2)c1. The summed E-state index contributed by atoms with van der Waals surface area (Å²) in [6.07, 6.45) is 6.51. The second kappa shape index (κ2) is 11.2. The molecule has 3 N–H and O–H groups in total. The van der Waals surface area contributed by atoms with Gasteiger partial charge in [0.15, 0.2) is 0 Å². The summed E-state index contributed by atoms with van der Waals surface area (Å²) in [4.78, 5) is 7.34. The van der Waals surface area contributed by atoms with E-state index >= 15 is 0 Å². The lowest BCUT2D eigenvalue weighted by Gasteiger charge is -2.31. The molecule has 6 rings (SSSR count). The molecule has 0 saturated carbocycles. The van der Waals surface area contributed by atoms with Gasteiger partial charge in [-0.3, -0.25) is 0 Å². The molecule has 0 radical (unpaired) electrons. The Bertz CT molecular complexity index is 1590. The molecule has 1 aliphatic carbocycles. The third-order valence-corrected chi connectivity index (χ3v) is 10.4. The number of aliphatic hydroxyl groups is 2. The predicted molar refractivity (Wildman–Crippen MR) is 166 cm³/mol. The lowest BCUT2D eigenvalue weighted by Crippen LogP contribution is -2.35. The summed E-state index contributed by atoms with van der Waals surface area (Å²) >= 11 is 0. The lowest BCUT2D eigenvalue weighted by atomic mass is 10.0. The molecule has 5 nitrogen and oxygen atoms in total. The Morgan fingerprint density at radius 3 is 2.33 bits per heavy atom. The second-order valence-electron chi connectivity index (χ2n) is 10.0. The molecule has 0 bridgehead atoms. The molecule has 0 fully saturated rings. The van der Waals surface area contributed by atoms with Crippen molar-refractivity contribution in [3.05, 3.63) is 114 Å². The number of benzene rings is 4. The van der Waals surface area contributed by atoms with Crippen molar-refractivity contribution in [3.63, 3.8) is 0 Å². The maximum absolute atomic E-state index is 9.66. The van der Waals surface area contributed by atoms with Crippen molar-refractivity contribution in [3.8, 4) is 0 Å². The van der Waals surface area contributed by atoms with E-state index < -0.39 is 7.92 Å². The van der Waals surface area contributed by atoms with Gasteiger partial charge in [-0.2, -0.15) is 0 Å². The Morgan fingerprint density at radius 2 is 1.59 bits per heavy atom. The maximum Gasteiger partial charge on any atom is 0.139 e. The van der Waals surface area contributed by atoms with Crippen molar-refractivity contribution < 1.29 is 10.2 Å². The van der Waals surface area contributed by atoms with E-state index in [2.05, 4.69) is 120 Å². The topological polar surface area (TPSA) is 68.1 Å². The molecule has 0 aromatic heterocycles. The van der Waals surface area contributed by atoms with Crippen LogP contribution < -0.4 is 15.9 Å². The van der Waals surface area contributed by atoms with E-state index in [-0.39, 0.29) is 18.9 Å². The minimum Gasteiger partial charge on any atom is -0.395 e. The molecular formula is C33H33N3O2P+. The molecule has 2 aliphatic rings. The Balaban J connectivity index is 1.54. The zero-order chi connectivity index (χ0) is 26.8. The molecule has 0 saturated heterocycles. The summed E-state index contributed by atoms with van der Waals surface area (Å²) in [5, 5.41) is 28.0. The first-order valence-corrected chi connectivity index (χ1v) is 15.0. The monoisotopic (exact) mass is 534 g/mol. The van der Waals surface area contributed by atoms with Crippen LogP contribution >= 0.6 is 7.92 Å². The Labute approximate surface area is 230 Å². The van der Waals surface area contributed by atoms with Crippen LogP contribution in [-0.2, 0) is 0 Å². The van der Waals surface area contributed by atoms with Crippen molar-refractivity contribution in [2.24, 2.45) is 4.99 Å². The number of hydrogen-bond acceptors (Lipinski definition) is 5. The normalized spacial score (nSPS) is 17.7. The summed E-state index contributed by atoms with van der Waals surface area (Å²) in [7, 11) is -1.34. The van der Waals surface area contributed by atoms with Gasteiger partial charge in [0.2, 0.25) is 0 Å². The van der Waals surface area contributed by atoms with Gasteiger partial charge in [-0.1, -0.05) is 54.6 Å². The first-order chi connectivity index (χ1) is 19.2. The van der Waals surface area contributed by atoms with Crippen molar-refractivity contribution in [1.82, 2.24) is 4.90 Å². The average Bonchev–Trinajstić information content (AvgIpc) is 2.96. The molecule has 0 amide bonds. The van der Waals surface area contributed by atoms with Crippen molar-refractivity contribution in [2.45, 2.75) is 12.6 Å². The summed E-state index contributed by atoms with van der Waals surface area (Å²) in [6.45, 7) is 3.15. The van der Waals surface area contributed by atoms with Crippen LogP contribution in [0.4, 0.5) is 17.1 Å². The van der Waals surface area contributed by atoms with E-state index in [1.54, 1.807) is 0 Å². The standard InChI is InChI=1S/C33H32N3O2P/c1-23-8-7-9-24(20-23)34-30-22-32-33(28-13-6-5-12-27(28)30)35-29-15-14-25(36(16-18-37)17-19-38)21-31(29)39(32)26-10-3-2-4-11-26/h2-15,20-22,31,34,37-38H,16-19H2,1H3/p+1. The number of aliphatic imine (C=N–C) groups is 1. The average molecular weight is 535 g/mol. The molecule has 196 valence electrons. The zero-order valence-corrected chi connectivity index (χ0v) is 23.0. The summed E-state index contributed by atoms with van der Waals surface area (Å²) < 4.78 is 0. The molecule has 6 heteroatoms. The second-order valence-corrected chi connectivity index (χ2v) is 12.6. The number of aryl methyl sites for hydroxylation is 1. The van der Waals surface area contributed by atoms with Gasteiger partial charge in [0.05, 0.1) is 37.8 Å². The zero-order valence-electron chi connectivity index (χ0n) is 22.0.